The Morgan fingerprint density at radius 2 is 2.21 bits per heavy atom. The van der Waals surface area contributed by atoms with Crippen LogP contribution in [0.5, 0.6) is 0 Å². The molecule has 1 aromatic carbocycles. The van der Waals surface area contributed by atoms with E-state index in [1.165, 1.54) is 6.07 Å². The van der Waals surface area contributed by atoms with Crippen LogP contribution in [0.2, 0.25) is 5.02 Å². The quantitative estimate of drug-likeness (QED) is 0.812. The highest BCUT2D eigenvalue weighted by atomic mass is 35.5. The van der Waals surface area contributed by atoms with E-state index in [0.717, 1.165) is 6.42 Å². The Morgan fingerprint density at radius 3 is 2.79 bits per heavy atom. The van der Waals surface area contributed by atoms with Crippen molar-refractivity contribution < 1.29 is 4.39 Å². The molecule has 0 amide bonds. The predicted molar refractivity (Wildman–Crippen MR) is 58.0 cm³/mol. The molecular weight excluding hydrogens is 201 g/mol. The van der Waals surface area contributed by atoms with Gasteiger partial charge >= 0.3 is 0 Å². The van der Waals surface area contributed by atoms with E-state index in [0.29, 0.717) is 23.2 Å². The van der Waals surface area contributed by atoms with Gasteiger partial charge in [0.05, 0.1) is 0 Å². The molecule has 1 nitrogen and oxygen atoms in total. The van der Waals surface area contributed by atoms with Gasteiger partial charge in [-0.1, -0.05) is 24.6 Å². The number of nitrogens with one attached hydrogen (secondary N) is 1. The largest absolute Gasteiger partial charge is 0.310 e. The van der Waals surface area contributed by atoms with Gasteiger partial charge in [-0.05, 0) is 25.5 Å². The highest BCUT2D eigenvalue weighted by Crippen LogP contribution is 2.14. The lowest BCUT2D eigenvalue weighted by Gasteiger charge is -2.11. The zero-order valence-corrected chi connectivity index (χ0v) is 9.24. The second-order valence-electron chi connectivity index (χ2n) is 3.43. The van der Waals surface area contributed by atoms with Crippen molar-refractivity contribution >= 4 is 11.6 Å². The van der Waals surface area contributed by atoms with Crippen LogP contribution in [0, 0.1) is 5.82 Å². The third-order valence-corrected chi connectivity index (χ3v) is 2.50. The van der Waals surface area contributed by atoms with Crippen LogP contribution < -0.4 is 5.32 Å². The van der Waals surface area contributed by atoms with E-state index < -0.39 is 0 Å². The van der Waals surface area contributed by atoms with Crippen molar-refractivity contribution in [1.29, 1.82) is 0 Å². The second-order valence-corrected chi connectivity index (χ2v) is 3.86. The van der Waals surface area contributed by atoms with Crippen LogP contribution in [-0.4, -0.2) is 6.04 Å². The van der Waals surface area contributed by atoms with Gasteiger partial charge in [0.1, 0.15) is 5.82 Å². The van der Waals surface area contributed by atoms with Crippen molar-refractivity contribution in [1.82, 2.24) is 5.32 Å². The van der Waals surface area contributed by atoms with Gasteiger partial charge in [0.2, 0.25) is 0 Å². The fourth-order valence-corrected chi connectivity index (χ4v) is 1.25. The summed E-state index contributed by atoms with van der Waals surface area (Å²) < 4.78 is 13.3. The summed E-state index contributed by atoms with van der Waals surface area (Å²) in [4.78, 5) is 0. The molecule has 3 heteroatoms. The minimum Gasteiger partial charge on any atom is -0.310 e. The molecule has 1 atom stereocenters. The summed E-state index contributed by atoms with van der Waals surface area (Å²) in [5.41, 5.74) is 0.662. The van der Waals surface area contributed by atoms with E-state index in [-0.39, 0.29) is 5.82 Å². The topological polar surface area (TPSA) is 12.0 Å². The Morgan fingerprint density at radius 1 is 1.50 bits per heavy atom. The molecule has 0 heterocycles. The minimum absolute atomic E-state index is 0.242. The fourth-order valence-electron chi connectivity index (χ4n) is 1.09. The molecule has 1 rings (SSSR count). The summed E-state index contributed by atoms with van der Waals surface area (Å²) in [5.74, 6) is -0.242. The molecule has 0 saturated heterocycles. The maximum Gasteiger partial charge on any atom is 0.129 e. The molecule has 0 radical (unpaired) electrons. The standard InChI is InChI=1S/C11H15ClFN/c1-3-8(2)14-7-9-4-5-10(12)6-11(9)13/h4-6,8,14H,3,7H2,1-2H3. The first kappa shape index (κ1) is 11.5. The number of hydrogen-bond acceptors (Lipinski definition) is 1. The zero-order valence-electron chi connectivity index (χ0n) is 8.48. The summed E-state index contributed by atoms with van der Waals surface area (Å²) in [6.07, 6.45) is 1.04. The maximum atomic E-state index is 13.3. The number of benzene rings is 1. The van der Waals surface area contributed by atoms with Crippen molar-refractivity contribution in [2.45, 2.75) is 32.9 Å². The van der Waals surface area contributed by atoms with E-state index in [9.17, 15) is 4.39 Å². The average Bonchev–Trinajstić information content (AvgIpc) is 2.16. The van der Waals surface area contributed by atoms with Crippen LogP contribution in [0.1, 0.15) is 25.8 Å². The fraction of sp³-hybridized carbons (Fsp3) is 0.455. The highest BCUT2D eigenvalue weighted by Gasteiger charge is 2.04. The van der Waals surface area contributed by atoms with Crippen LogP contribution in [0.15, 0.2) is 18.2 Å². The summed E-state index contributed by atoms with van der Waals surface area (Å²) in [6.45, 7) is 4.72. The van der Waals surface area contributed by atoms with Gasteiger partial charge in [-0.3, -0.25) is 0 Å². The van der Waals surface area contributed by atoms with Gasteiger partial charge in [0.25, 0.3) is 0 Å². The first-order valence-electron chi connectivity index (χ1n) is 4.80. The molecule has 1 aromatic rings. The van der Waals surface area contributed by atoms with Gasteiger partial charge in [0.15, 0.2) is 0 Å². The lowest BCUT2D eigenvalue weighted by atomic mass is 10.2. The van der Waals surface area contributed by atoms with Crippen LogP contribution >= 0.6 is 11.6 Å². The molecule has 0 fully saturated rings. The van der Waals surface area contributed by atoms with E-state index in [4.69, 9.17) is 11.6 Å². The van der Waals surface area contributed by atoms with E-state index >= 15 is 0 Å². The smallest absolute Gasteiger partial charge is 0.129 e. The highest BCUT2D eigenvalue weighted by molar-refractivity contribution is 6.30. The Bertz CT molecular complexity index is 301. The maximum absolute atomic E-state index is 13.3. The molecule has 0 aliphatic heterocycles. The van der Waals surface area contributed by atoms with Gasteiger partial charge < -0.3 is 5.32 Å². The van der Waals surface area contributed by atoms with Gasteiger partial charge in [-0.15, -0.1) is 0 Å². The Hall–Kier alpha value is -0.600. The third kappa shape index (κ3) is 3.28. The molecule has 0 bridgehead atoms. The first-order valence-corrected chi connectivity index (χ1v) is 5.18. The van der Waals surface area contributed by atoms with Crippen LogP contribution in [0.4, 0.5) is 4.39 Å². The predicted octanol–water partition coefficient (Wildman–Crippen LogP) is 3.37. The van der Waals surface area contributed by atoms with E-state index in [1.54, 1.807) is 12.1 Å². The van der Waals surface area contributed by atoms with Gasteiger partial charge in [-0.25, -0.2) is 4.39 Å². The van der Waals surface area contributed by atoms with E-state index in [2.05, 4.69) is 19.2 Å². The molecule has 0 aliphatic rings. The van der Waals surface area contributed by atoms with E-state index in [1.807, 2.05) is 0 Å². The molecule has 78 valence electrons. The molecule has 0 spiro atoms. The number of hydrogen-bond donors (Lipinski definition) is 1. The minimum atomic E-state index is -0.242. The van der Waals surface area contributed by atoms with Crippen LogP contribution in [0.3, 0.4) is 0 Å². The summed E-state index contributed by atoms with van der Waals surface area (Å²) in [6, 6.07) is 5.17. The van der Waals surface area contributed by atoms with Crippen LogP contribution in [-0.2, 0) is 6.54 Å². The van der Waals surface area contributed by atoms with Crippen molar-refractivity contribution in [3.05, 3.63) is 34.6 Å². The lowest BCUT2D eigenvalue weighted by Crippen LogP contribution is -2.24. The van der Waals surface area contributed by atoms with Crippen molar-refractivity contribution in [3.63, 3.8) is 0 Å². The lowest BCUT2D eigenvalue weighted by molar-refractivity contribution is 0.517. The second kappa shape index (κ2) is 5.32. The molecule has 0 aromatic heterocycles. The average molecular weight is 216 g/mol. The Kier molecular flexibility index (Phi) is 4.36. The normalized spacial score (nSPS) is 12.9. The van der Waals surface area contributed by atoms with Crippen molar-refractivity contribution in [2.75, 3.05) is 0 Å². The monoisotopic (exact) mass is 215 g/mol. The molecule has 0 aliphatic carbocycles. The van der Waals surface area contributed by atoms with Crippen LogP contribution in [0.25, 0.3) is 0 Å². The molecule has 0 saturated carbocycles. The zero-order chi connectivity index (χ0) is 10.6. The van der Waals surface area contributed by atoms with Crippen molar-refractivity contribution in [2.24, 2.45) is 0 Å². The molecule has 1 N–H and O–H groups in total. The summed E-state index contributed by atoms with van der Waals surface area (Å²) >= 11 is 5.65. The van der Waals surface area contributed by atoms with Gasteiger partial charge in [-0.2, -0.15) is 0 Å². The molecule has 1 unspecified atom stereocenters. The Labute approximate surface area is 89.3 Å². The molecule has 14 heavy (non-hydrogen) atoms. The summed E-state index contributed by atoms with van der Waals surface area (Å²) in [7, 11) is 0. The summed E-state index contributed by atoms with van der Waals surface area (Å²) in [5, 5.41) is 3.67. The first-order chi connectivity index (χ1) is 6.63. The number of rotatable bonds is 4. The van der Waals surface area contributed by atoms with Gasteiger partial charge in [0, 0.05) is 23.2 Å². The van der Waals surface area contributed by atoms with Crippen molar-refractivity contribution in [3.8, 4) is 0 Å². The SMILES string of the molecule is CCC(C)NCc1ccc(Cl)cc1F. The number of halogens is 2. The molecular formula is C11H15ClFN. The Balaban J connectivity index is 2.59. The third-order valence-electron chi connectivity index (χ3n) is 2.27.